The smallest absolute Gasteiger partial charge is 0.432 e. The molecule has 1 saturated carbocycles. The summed E-state index contributed by atoms with van der Waals surface area (Å²) in [4.78, 5) is 11.1. The summed E-state index contributed by atoms with van der Waals surface area (Å²) in [5, 5.41) is 0. The largest absolute Gasteiger partial charge is 0.508 e. The average Bonchev–Trinajstić information content (AvgIpc) is 2.04. The van der Waals surface area contributed by atoms with E-state index < -0.39 is 6.16 Å². The molecule has 0 aromatic rings. The predicted molar refractivity (Wildman–Crippen MR) is 49.6 cm³/mol. The van der Waals surface area contributed by atoms with Crippen molar-refractivity contribution in [1.82, 2.24) is 0 Å². The van der Waals surface area contributed by atoms with Crippen LogP contribution in [0.2, 0.25) is 0 Å². The Kier molecular flexibility index (Phi) is 4.06. The van der Waals surface area contributed by atoms with Crippen LogP contribution in [0.4, 0.5) is 4.79 Å². The van der Waals surface area contributed by atoms with Crippen LogP contribution in [0.3, 0.4) is 0 Å². The van der Waals surface area contributed by atoms with Crippen LogP contribution in [-0.2, 0) is 9.47 Å². The number of carbonyl (C=O) groups excluding carboxylic acids is 1. The molecule has 0 aliphatic heterocycles. The molecule has 3 heteroatoms. The van der Waals surface area contributed by atoms with E-state index in [1.54, 1.807) is 0 Å². The first-order valence-corrected chi connectivity index (χ1v) is 5.05. The molecule has 3 nitrogen and oxygen atoms in total. The second kappa shape index (κ2) is 5.10. The highest BCUT2D eigenvalue weighted by atomic mass is 16.7. The Morgan fingerprint density at radius 1 is 1.23 bits per heavy atom. The maximum atomic E-state index is 11.1. The van der Waals surface area contributed by atoms with Crippen molar-refractivity contribution in [2.75, 3.05) is 0 Å². The molecule has 0 spiro atoms. The molecule has 1 aliphatic carbocycles. The summed E-state index contributed by atoms with van der Waals surface area (Å²) >= 11 is 0. The number of carbonyl (C=O) groups is 1. The first-order chi connectivity index (χ1) is 6.18. The van der Waals surface area contributed by atoms with Gasteiger partial charge in [-0.3, -0.25) is 0 Å². The van der Waals surface area contributed by atoms with Crippen molar-refractivity contribution in [1.29, 1.82) is 0 Å². The van der Waals surface area contributed by atoms with E-state index in [0.717, 1.165) is 12.8 Å². The summed E-state index contributed by atoms with van der Waals surface area (Å²) in [6.07, 6.45) is 5.08. The normalized spacial score (nSPS) is 18.7. The standard InChI is InChI=1S/C10H18O3/c1-8(2)12-10(11)13-9-6-4-3-5-7-9/h8-9H,3-7H2,1-2H3. The molecule has 0 saturated heterocycles. The van der Waals surface area contributed by atoms with E-state index in [9.17, 15) is 4.79 Å². The highest BCUT2D eigenvalue weighted by Gasteiger charge is 2.18. The van der Waals surface area contributed by atoms with E-state index in [1.807, 2.05) is 13.8 Å². The highest BCUT2D eigenvalue weighted by molar-refractivity contribution is 5.60. The lowest BCUT2D eigenvalue weighted by atomic mass is 9.98. The summed E-state index contributed by atoms with van der Waals surface area (Å²) < 4.78 is 10.0. The molecule has 0 unspecified atom stereocenters. The van der Waals surface area contributed by atoms with Gasteiger partial charge in [0.15, 0.2) is 0 Å². The van der Waals surface area contributed by atoms with Gasteiger partial charge in [0.2, 0.25) is 0 Å². The molecular formula is C10H18O3. The minimum Gasteiger partial charge on any atom is -0.432 e. The molecule has 0 aromatic heterocycles. The number of hydrogen-bond donors (Lipinski definition) is 0. The van der Waals surface area contributed by atoms with E-state index in [4.69, 9.17) is 9.47 Å². The van der Waals surface area contributed by atoms with Crippen LogP contribution in [0, 0.1) is 0 Å². The molecule has 0 atom stereocenters. The van der Waals surface area contributed by atoms with E-state index in [2.05, 4.69) is 0 Å². The summed E-state index contributed by atoms with van der Waals surface area (Å²) in [6, 6.07) is 0. The molecule has 0 bridgehead atoms. The van der Waals surface area contributed by atoms with Crippen LogP contribution in [0.15, 0.2) is 0 Å². The molecule has 76 valence electrons. The maximum absolute atomic E-state index is 11.1. The Balaban J connectivity index is 2.18. The molecule has 1 fully saturated rings. The van der Waals surface area contributed by atoms with Gasteiger partial charge in [-0.1, -0.05) is 6.42 Å². The van der Waals surface area contributed by atoms with Crippen LogP contribution >= 0.6 is 0 Å². The maximum Gasteiger partial charge on any atom is 0.508 e. The summed E-state index contributed by atoms with van der Waals surface area (Å²) in [6.45, 7) is 3.64. The zero-order valence-corrected chi connectivity index (χ0v) is 8.41. The molecule has 13 heavy (non-hydrogen) atoms. The van der Waals surface area contributed by atoms with Gasteiger partial charge in [-0.25, -0.2) is 4.79 Å². The Morgan fingerprint density at radius 3 is 2.38 bits per heavy atom. The Bertz CT molecular complexity index is 160. The molecule has 0 amide bonds. The zero-order valence-electron chi connectivity index (χ0n) is 8.41. The van der Waals surface area contributed by atoms with Gasteiger partial charge < -0.3 is 9.47 Å². The molecule has 0 aromatic carbocycles. The van der Waals surface area contributed by atoms with E-state index in [-0.39, 0.29) is 12.2 Å². The molecule has 0 radical (unpaired) electrons. The van der Waals surface area contributed by atoms with Crippen molar-refractivity contribution in [2.45, 2.75) is 58.2 Å². The third-order valence-corrected chi connectivity index (χ3v) is 2.15. The van der Waals surface area contributed by atoms with E-state index in [0.29, 0.717) is 0 Å². The van der Waals surface area contributed by atoms with Crippen LogP contribution < -0.4 is 0 Å². The SMILES string of the molecule is CC(C)OC(=O)OC1CCCCC1. The monoisotopic (exact) mass is 186 g/mol. The van der Waals surface area contributed by atoms with Crippen molar-refractivity contribution >= 4 is 6.16 Å². The summed E-state index contributed by atoms with van der Waals surface area (Å²) in [7, 11) is 0. The van der Waals surface area contributed by atoms with Gasteiger partial charge in [-0.15, -0.1) is 0 Å². The lowest BCUT2D eigenvalue weighted by molar-refractivity contribution is -0.00309. The fraction of sp³-hybridized carbons (Fsp3) is 0.900. The van der Waals surface area contributed by atoms with Crippen molar-refractivity contribution in [2.24, 2.45) is 0 Å². The van der Waals surface area contributed by atoms with Gasteiger partial charge in [0.1, 0.15) is 6.10 Å². The first-order valence-electron chi connectivity index (χ1n) is 5.05. The van der Waals surface area contributed by atoms with Crippen molar-refractivity contribution < 1.29 is 14.3 Å². The van der Waals surface area contributed by atoms with Crippen LogP contribution in [0.5, 0.6) is 0 Å². The van der Waals surface area contributed by atoms with Gasteiger partial charge >= 0.3 is 6.16 Å². The van der Waals surface area contributed by atoms with Gasteiger partial charge in [0, 0.05) is 0 Å². The molecular weight excluding hydrogens is 168 g/mol. The number of hydrogen-bond acceptors (Lipinski definition) is 3. The summed E-state index contributed by atoms with van der Waals surface area (Å²) in [5.41, 5.74) is 0. The quantitative estimate of drug-likeness (QED) is 0.622. The van der Waals surface area contributed by atoms with Crippen LogP contribution in [-0.4, -0.2) is 18.4 Å². The molecule has 1 aliphatic rings. The first kappa shape index (κ1) is 10.4. The van der Waals surface area contributed by atoms with Gasteiger partial charge in [-0.2, -0.15) is 0 Å². The highest BCUT2D eigenvalue weighted by Crippen LogP contribution is 2.20. The predicted octanol–water partition coefficient (Wildman–Crippen LogP) is 2.88. The van der Waals surface area contributed by atoms with Gasteiger partial charge in [0.05, 0.1) is 6.10 Å². The summed E-state index contributed by atoms with van der Waals surface area (Å²) in [5.74, 6) is 0. The Morgan fingerprint density at radius 2 is 1.85 bits per heavy atom. The fourth-order valence-corrected chi connectivity index (χ4v) is 1.54. The molecule has 0 heterocycles. The topological polar surface area (TPSA) is 35.5 Å². The van der Waals surface area contributed by atoms with Crippen molar-refractivity contribution in [3.05, 3.63) is 0 Å². The fourth-order valence-electron chi connectivity index (χ4n) is 1.54. The third-order valence-electron chi connectivity index (χ3n) is 2.15. The molecule has 1 rings (SSSR count). The minimum atomic E-state index is -0.512. The van der Waals surface area contributed by atoms with Crippen molar-refractivity contribution in [3.8, 4) is 0 Å². The average molecular weight is 186 g/mol. The van der Waals surface area contributed by atoms with Gasteiger partial charge in [0.25, 0.3) is 0 Å². The zero-order chi connectivity index (χ0) is 9.68. The second-order valence-electron chi connectivity index (χ2n) is 3.79. The minimum absolute atomic E-state index is 0.0870. The van der Waals surface area contributed by atoms with Gasteiger partial charge in [-0.05, 0) is 39.5 Å². The Hall–Kier alpha value is -0.730. The van der Waals surface area contributed by atoms with Crippen LogP contribution in [0.25, 0.3) is 0 Å². The lowest BCUT2D eigenvalue weighted by Crippen LogP contribution is -2.23. The number of rotatable bonds is 2. The third kappa shape index (κ3) is 4.15. The van der Waals surface area contributed by atoms with E-state index in [1.165, 1.54) is 19.3 Å². The Labute approximate surface area is 79.4 Å². The molecule has 0 N–H and O–H groups in total. The number of ether oxygens (including phenoxy) is 2. The lowest BCUT2D eigenvalue weighted by Gasteiger charge is -2.21. The van der Waals surface area contributed by atoms with Crippen LogP contribution in [0.1, 0.15) is 46.0 Å². The second-order valence-corrected chi connectivity index (χ2v) is 3.79. The van der Waals surface area contributed by atoms with Crippen molar-refractivity contribution in [3.63, 3.8) is 0 Å². The van der Waals surface area contributed by atoms with E-state index >= 15 is 0 Å².